The predicted molar refractivity (Wildman–Crippen MR) is 78.5 cm³/mol. The summed E-state index contributed by atoms with van der Waals surface area (Å²) in [6, 6.07) is 5.84. The quantitative estimate of drug-likeness (QED) is 0.633. The first-order valence-corrected chi connectivity index (χ1v) is 7.86. The molecule has 1 aliphatic rings. The van der Waals surface area contributed by atoms with Gasteiger partial charge in [-0.2, -0.15) is 0 Å². The molecule has 1 amide bonds. The number of esters is 1. The summed E-state index contributed by atoms with van der Waals surface area (Å²) >= 11 is 1.15. The standard InChI is InChI=1S/C15H18FNO3S/c1-20-15(19)12-7-4-5-9-17(12)14(18)10-21-13-8-3-2-6-11(13)16/h2-3,6,8,12H,4-5,7,9-10H2,1H3. The van der Waals surface area contributed by atoms with Gasteiger partial charge in [-0.25, -0.2) is 9.18 Å². The van der Waals surface area contributed by atoms with E-state index in [-0.39, 0.29) is 23.4 Å². The van der Waals surface area contributed by atoms with Crippen molar-refractivity contribution in [3.63, 3.8) is 0 Å². The van der Waals surface area contributed by atoms with E-state index in [0.29, 0.717) is 17.9 Å². The highest BCUT2D eigenvalue weighted by molar-refractivity contribution is 8.00. The number of methoxy groups -OCH3 is 1. The van der Waals surface area contributed by atoms with E-state index < -0.39 is 6.04 Å². The van der Waals surface area contributed by atoms with Crippen LogP contribution in [0.5, 0.6) is 0 Å². The van der Waals surface area contributed by atoms with E-state index in [1.165, 1.54) is 13.2 Å². The van der Waals surface area contributed by atoms with Crippen molar-refractivity contribution in [3.05, 3.63) is 30.1 Å². The number of hydrogen-bond donors (Lipinski definition) is 0. The number of likely N-dealkylation sites (tertiary alicyclic amines) is 1. The molecule has 0 saturated carbocycles. The number of rotatable bonds is 4. The van der Waals surface area contributed by atoms with Gasteiger partial charge in [-0.15, -0.1) is 11.8 Å². The number of nitrogens with zero attached hydrogens (tertiary/aromatic N) is 1. The normalized spacial score (nSPS) is 18.4. The summed E-state index contributed by atoms with van der Waals surface area (Å²) in [5.74, 6) is -0.746. The zero-order valence-electron chi connectivity index (χ0n) is 11.9. The lowest BCUT2D eigenvalue weighted by molar-refractivity contribution is -0.153. The molecule has 1 aromatic rings. The van der Waals surface area contributed by atoms with Gasteiger partial charge in [0.25, 0.3) is 0 Å². The van der Waals surface area contributed by atoms with Crippen LogP contribution < -0.4 is 0 Å². The minimum Gasteiger partial charge on any atom is -0.467 e. The first kappa shape index (κ1) is 15.8. The van der Waals surface area contributed by atoms with Gasteiger partial charge in [0, 0.05) is 11.4 Å². The van der Waals surface area contributed by atoms with Crippen LogP contribution in [0.1, 0.15) is 19.3 Å². The van der Waals surface area contributed by atoms with E-state index in [0.717, 1.165) is 24.6 Å². The maximum Gasteiger partial charge on any atom is 0.328 e. The molecule has 6 heteroatoms. The maximum atomic E-state index is 13.5. The van der Waals surface area contributed by atoms with Gasteiger partial charge < -0.3 is 9.64 Å². The summed E-state index contributed by atoms with van der Waals surface area (Å²) in [5, 5.41) is 0. The molecule has 1 heterocycles. The number of ether oxygens (including phenoxy) is 1. The monoisotopic (exact) mass is 311 g/mol. The van der Waals surface area contributed by atoms with E-state index in [4.69, 9.17) is 4.74 Å². The van der Waals surface area contributed by atoms with E-state index in [2.05, 4.69) is 0 Å². The molecule has 4 nitrogen and oxygen atoms in total. The van der Waals surface area contributed by atoms with Crippen molar-refractivity contribution < 1.29 is 18.7 Å². The van der Waals surface area contributed by atoms with Crippen LogP contribution in [0.25, 0.3) is 0 Å². The Morgan fingerprint density at radius 1 is 1.38 bits per heavy atom. The lowest BCUT2D eigenvalue weighted by Gasteiger charge is -2.33. The summed E-state index contributed by atoms with van der Waals surface area (Å²) in [6.45, 7) is 0.552. The number of hydrogen-bond acceptors (Lipinski definition) is 4. The molecule has 1 aliphatic heterocycles. The van der Waals surface area contributed by atoms with Crippen LogP contribution >= 0.6 is 11.8 Å². The highest BCUT2D eigenvalue weighted by Crippen LogP contribution is 2.24. The Bertz CT molecular complexity index is 523. The van der Waals surface area contributed by atoms with Crippen molar-refractivity contribution in [3.8, 4) is 0 Å². The van der Waals surface area contributed by atoms with Crippen molar-refractivity contribution in [1.29, 1.82) is 0 Å². The first-order chi connectivity index (χ1) is 10.1. The minimum atomic E-state index is -0.502. The van der Waals surface area contributed by atoms with Crippen LogP contribution in [0.3, 0.4) is 0 Å². The van der Waals surface area contributed by atoms with Gasteiger partial charge in [-0.1, -0.05) is 12.1 Å². The van der Waals surface area contributed by atoms with Crippen molar-refractivity contribution in [2.45, 2.75) is 30.2 Å². The molecule has 0 radical (unpaired) electrons. The third-order valence-corrected chi connectivity index (χ3v) is 4.52. The van der Waals surface area contributed by atoms with Crippen LogP contribution in [0.4, 0.5) is 4.39 Å². The lowest BCUT2D eigenvalue weighted by Crippen LogP contribution is -2.49. The molecule has 1 unspecified atom stereocenters. The number of halogens is 1. The largest absolute Gasteiger partial charge is 0.467 e. The van der Waals surface area contributed by atoms with Crippen molar-refractivity contribution in [1.82, 2.24) is 4.90 Å². The van der Waals surface area contributed by atoms with Crippen LogP contribution in [0, 0.1) is 5.82 Å². The number of carbonyl (C=O) groups is 2. The number of benzene rings is 1. The number of piperidine rings is 1. The molecule has 2 rings (SSSR count). The van der Waals surface area contributed by atoms with Crippen LogP contribution in [-0.2, 0) is 14.3 Å². The Hall–Kier alpha value is -1.56. The van der Waals surface area contributed by atoms with E-state index in [1.54, 1.807) is 23.1 Å². The second kappa shape index (κ2) is 7.45. The topological polar surface area (TPSA) is 46.6 Å². The third-order valence-electron chi connectivity index (χ3n) is 3.48. The second-order valence-electron chi connectivity index (χ2n) is 4.84. The van der Waals surface area contributed by atoms with Crippen molar-refractivity contribution in [2.24, 2.45) is 0 Å². The molecule has 114 valence electrons. The molecule has 0 bridgehead atoms. The summed E-state index contributed by atoms with van der Waals surface area (Å²) in [5.41, 5.74) is 0. The van der Waals surface area contributed by atoms with Crippen LogP contribution in [-0.4, -0.2) is 42.2 Å². The Morgan fingerprint density at radius 2 is 2.14 bits per heavy atom. The van der Waals surface area contributed by atoms with Gasteiger partial charge in [-0.3, -0.25) is 4.79 Å². The molecular weight excluding hydrogens is 293 g/mol. The summed E-state index contributed by atoms with van der Waals surface area (Å²) in [7, 11) is 1.33. The number of carbonyl (C=O) groups excluding carboxylic acids is 2. The van der Waals surface area contributed by atoms with E-state index >= 15 is 0 Å². The molecule has 1 atom stereocenters. The van der Waals surface area contributed by atoms with Gasteiger partial charge in [0.1, 0.15) is 11.9 Å². The Balaban J connectivity index is 1.98. The van der Waals surface area contributed by atoms with Gasteiger partial charge in [0.15, 0.2) is 0 Å². The summed E-state index contributed by atoms with van der Waals surface area (Å²) in [6.07, 6.45) is 2.41. The first-order valence-electron chi connectivity index (χ1n) is 6.88. The molecule has 0 aromatic heterocycles. The zero-order valence-corrected chi connectivity index (χ0v) is 12.7. The fourth-order valence-electron chi connectivity index (χ4n) is 2.40. The fraction of sp³-hybridized carbons (Fsp3) is 0.467. The molecule has 21 heavy (non-hydrogen) atoms. The SMILES string of the molecule is COC(=O)C1CCCCN1C(=O)CSc1ccccc1F. The Labute approximate surface area is 127 Å². The molecular formula is C15H18FNO3S. The van der Waals surface area contributed by atoms with Crippen molar-refractivity contribution in [2.75, 3.05) is 19.4 Å². The Kier molecular flexibility index (Phi) is 5.61. The van der Waals surface area contributed by atoms with E-state index in [9.17, 15) is 14.0 Å². The Morgan fingerprint density at radius 3 is 2.86 bits per heavy atom. The molecule has 0 spiro atoms. The fourth-order valence-corrected chi connectivity index (χ4v) is 3.22. The second-order valence-corrected chi connectivity index (χ2v) is 5.86. The number of amides is 1. The highest BCUT2D eigenvalue weighted by Gasteiger charge is 2.32. The van der Waals surface area contributed by atoms with Crippen molar-refractivity contribution >= 4 is 23.6 Å². The summed E-state index contributed by atoms with van der Waals surface area (Å²) < 4.78 is 18.3. The number of thioether (sulfide) groups is 1. The van der Waals surface area contributed by atoms with Crippen LogP contribution in [0.2, 0.25) is 0 Å². The van der Waals surface area contributed by atoms with Gasteiger partial charge in [0.05, 0.1) is 12.9 Å². The van der Waals surface area contributed by atoms with Gasteiger partial charge in [-0.05, 0) is 31.4 Å². The predicted octanol–water partition coefficient (Wildman–Crippen LogP) is 2.47. The average Bonchev–Trinajstić information content (AvgIpc) is 2.53. The highest BCUT2D eigenvalue weighted by atomic mass is 32.2. The molecule has 1 saturated heterocycles. The third kappa shape index (κ3) is 3.97. The lowest BCUT2D eigenvalue weighted by atomic mass is 10.0. The maximum absolute atomic E-state index is 13.5. The smallest absolute Gasteiger partial charge is 0.328 e. The molecule has 0 N–H and O–H groups in total. The molecule has 0 aliphatic carbocycles. The van der Waals surface area contributed by atoms with Crippen LogP contribution in [0.15, 0.2) is 29.2 Å². The zero-order chi connectivity index (χ0) is 15.2. The minimum absolute atomic E-state index is 0.119. The van der Waals surface area contributed by atoms with E-state index in [1.807, 2.05) is 0 Å². The van der Waals surface area contributed by atoms with Gasteiger partial charge >= 0.3 is 5.97 Å². The van der Waals surface area contributed by atoms with Gasteiger partial charge in [0.2, 0.25) is 5.91 Å². The summed E-state index contributed by atoms with van der Waals surface area (Å²) in [4.78, 5) is 26.0. The molecule has 1 fully saturated rings. The molecule has 1 aromatic carbocycles. The average molecular weight is 311 g/mol.